The van der Waals surface area contributed by atoms with Gasteiger partial charge in [0.15, 0.2) is 0 Å². The number of hydrogen-bond donors (Lipinski definition) is 1. The molecule has 0 fully saturated rings. The molecule has 2 rings (SSSR count). The molecule has 0 unspecified atom stereocenters. The first kappa shape index (κ1) is 15.6. The van der Waals surface area contributed by atoms with Gasteiger partial charge in [0.05, 0.1) is 6.10 Å². The van der Waals surface area contributed by atoms with Crippen molar-refractivity contribution in [1.29, 1.82) is 0 Å². The average Bonchev–Trinajstić information content (AvgIpc) is 2.45. The molecule has 0 aromatic heterocycles. The summed E-state index contributed by atoms with van der Waals surface area (Å²) in [6.45, 7) is 9.31. The third-order valence-electron chi connectivity index (χ3n) is 3.20. The van der Waals surface area contributed by atoms with Crippen molar-refractivity contribution in [2.75, 3.05) is 0 Å². The van der Waals surface area contributed by atoms with Gasteiger partial charge in [-0.15, -0.1) is 0 Å². The van der Waals surface area contributed by atoms with Crippen LogP contribution < -0.4 is 10.1 Å². The number of nitrogens with one attached hydrogen (secondary N) is 1. The van der Waals surface area contributed by atoms with Gasteiger partial charge in [-0.2, -0.15) is 0 Å². The molecular weight excluding hydrogens is 258 g/mol. The maximum Gasteiger partial charge on any atom is 0.119 e. The highest BCUT2D eigenvalue weighted by atomic mass is 16.5. The molecule has 1 N–H and O–H groups in total. The lowest BCUT2D eigenvalue weighted by Crippen LogP contribution is -2.21. The van der Waals surface area contributed by atoms with E-state index in [0.29, 0.717) is 6.04 Å². The van der Waals surface area contributed by atoms with Gasteiger partial charge in [0.1, 0.15) is 5.75 Å². The first-order valence-electron chi connectivity index (χ1n) is 7.64. The summed E-state index contributed by atoms with van der Waals surface area (Å²) in [6, 6.07) is 17.5. The molecule has 112 valence electrons. The SMILES string of the molecule is CC(C)NCc1cccc(-c2ccc(OC(C)C)cc2)c1. The van der Waals surface area contributed by atoms with Crippen LogP contribution >= 0.6 is 0 Å². The molecule has 21 heavy (non-hydrogen) atoms. The van der Waals surface area contributed by atoms with E-state index in [2.05, 4.69) is 55.6 Å². The Morgan fingerprint density at radius 2 is 1.62 bits per heavy atom. The molecule has 2 aromatic carbocycles. The van der Waals surface area contributed by atoms with Crippen LogP contribution in [0.4, 0.5) is 0 Å². The molecule has 0 heterocycles. The van der Waals surface area contributed by atoms with E-state index >= 15 is 0 Å². The summed E-state index contributed by atoms with van der Waals surface area (Å²) in [5.74, 6) is 0.923. The van der Waals surface area contributed by atoms with Gasteiger partial charge in [-0.1, -0.05) is 44.2 Å². The zero-order valence-electron chi connectivity index (χ0n) is 13.4. The molecular formula is C19H25NO. The summed E-state index contributed by atoms with van der Waals surface area (Å²) in [4.78, 5) is 0. The van der Waals surface area contributed by atoms with E-state index in [1.54, 1.807) is 0 Å². The van der Waals surface area contributed by atoms with E-state index < -0.39 is 0 Å². The maximum absolute atomic E-state index is 5.68. The lowest BCUT2D eigenvalue weighted by atomic mass is 10.0. The Bertz CT molecular complexity index is 558. The highest BCUT2D eigenvalue weighted by Gasteiger charge is 2.02. The summed E-state index contributed by atoms with van der Waals surface area (Å²) < 4.78 is 5.68. The van der Waals surface area contributed by atoms with E-state index in [1.165, 1.54) is 16.7 Å². The predicted molar refractivity (Wildman–Crippen MR) is 89.6 cm³/mol. The van der Waals surface area contributed by atoms with Crippen LogP contribution in [0.1, 0.15) is 33.3 Å². The van der Waals surface area contributed by atoms with Gasteiger partial charge in [-0.05, 0) is 48.7 Å². The fourth-order valence-corrected chi connectivity index (χ4v) is 2.18. The molecule has 0 radical (unpaired) electrons. The van der Waals surface area contributed by atoms with Gasteiger partial charge in [0, 0.05) is 12.6 Å². The quantitative estimate of drug-likeness (QED) is 0.834. The van der Waals surface area contributed by atoms with Crippen LogP contribution in [0, 0.1) is 0 Å². The smallest absolute Gasteiger partial charge is 0.119 e. The van der Waals surface area contributed by atoms with Gasteiger partial charge in [-0.3, -0.25) is 0 Å². The number of ether oxygens (including phenoxy) is 1. The summed E-state index contributed by atoms with van der Waals surface area (Å²) in [5.41, 5.74) is 3.77. The second-order valence-corrected chi connectivity index (χ2v) is 5.93. The Morgan fingerprint density at radius 1 is 0.905 bits per heavy atom. The minimum atomic E-state index is 0.210. The Balaban J connectivity index is 2.12. The van der Waals surface area contributed by atoms with E-state index in [4.69, 9.17) is 4.74 Å². The minimum absolute atomic E-state index is 0.210. The van der Waals surface area contributed by atoms with Gasteiger partial charge in [-0.25, -0.2) is 0 Å². The van der Waals surface area contributed by atoms with Crippen molar-refractivity contribution in [3.8, 4) is 16.9 Å². The van der Waals surface area contributed by atoms with E-state index in [9.17, 15) is 0 Å². The van der Waals surface area contributed by atoms with Crippen LogP contribution in [-0.4, -0.2) is 12.1 Å². The zero-order chi connectivity index (χ0) is 15.2. The molecule has 2 aromatic rings. The lowest BCUT2D eigenvalue weighted by Gasteiger charge is -2.11. The van der Waals surface area contributed by atoms with Crippen LogP contribution in [0.25, 0.3) is 11.1 Å². The van der Waals surface area contributed by atoms with Crippen molar-refractivity contribution < 1.29 is 4.74 Å². The van der Waals surface area contributed by atoms with Gasteiger partial charge < -0.3 is 10.1 Å². The molecule has 2 heteroatoms. The van der Waals surface area contributed by atoms with Gasteiger partial charge >= 0.3 is 0 Å². The van der Waals surface area contributed by atoms with Crippen molar-refractivity contribution in [3.63, 3.8) is 0 Å². The first-order chi connectivity index (χ1) is 10.0. The Morgan fingerprint density at radius 3 is 2.24 bits per heavy atom. The van der Waals surface area contributed by atoms with E-state index in [-0.39, 0.29) is 6.10 Å². The normalized spacial score (nSPS) is 11.1. The molecule has 0 bridgehead atoms. The minimum Gasteiger partial charge on any atom is -0.491 e. The molecule has 2 nitrogen and oxygen atoms in total. The molecule has 0 saturated carbocycles. The van der Waals surface area contributed by atoms with E-state index in [1.807, 2.05) is 26.0 Å². The standard InChI is InChI=1S/C19H25NO/c1-14(2)20-13-16-6-5-7-18(12-16)17-8-10-19(11-9-17)21-15(3)4/h5-12,14-15,20H,13H2,1-4H3. The fourth-order valence-electron chi connectivity index (χ4n) is 2.18. The van der Waals surface area contributed by atoms with Crippen molar-refractivity contribution in [2.45, 2.75) is 46.4 Å². The Kier molecular flexibility index (Phi) is 5.40. The summed E-state index contributed by atoms with van der Waals surface area (Å²) in [5, 5.41) is 3.45. The van der Waals surface area contributed by atoms with Crippen molar-refractivity contribution >= 4 is 0 Å². The van der Waals surface area contributed by atoms with Crippen LogP contribution in [0.3, 0.4) is 0 Å². The molecule has 0 amide bonds. The number of benzene rings is 2. The zero-order valence-corrected chi connectivity index (χ0v) is 13.4. The van der Waals surface area contributed by atoms with Crippen LogP contribution in [0.2, 0.25) is 0 Å². The highest BCUT2D eigenvalue weighted by Crippen LogP contribution is 2.23. The number of rotatable bonds is 6. The largest absolute Gasteiger partial charge is 0.491 e. The summed E-state index contributed by atoms with van der Waals surface area (Å²) >= 11 is 0. The van der Waals surface area contributed by atoms with Crippen molar-refractivity contribution in [3.05, 3.63) is 54.1 Å². The van der Waals surface area contributed by atoms with Crippen LogP contribution in [0.15, 0.2) is 48.5 Å². The maximum atomic E-state index is 5.68. The second-order valence-electron chi connectivity index (χ2n) is 5.93. The summed E-state index contributed by atoms with van der Waals surface area (Å²) in [6.07, 6.45) is 0.210. The topological polar surface area (TPSA) is 21.3 Å². The lowest BCUT2D eigenvalue weighted by molar-refractivity contribution is 0.242. The molecule has 0 aliphatic carbocycles. The monoisotopic (exact) mass is 283 g/mol. The molecule has 0 aliphatic heterocycles. The van der Waals surface area contributed by atoms with Crippen molar-refractivity contribution in [2.24, 2.45) is 0 Å². The molecule has 0 spiro atoms. The Hall–Kier alpha value is -1.80. The molecule has 0 atom stereocenters. The highest BCUT2D eigenvalue weighted by molar-refractivity contribution is 5.64. The predicted octanol–water partition coefficient (Wildman–Crippen LogP) is 4.64. The molecule has 0 aliphatic rings. The van der Waals surface area contributed by atoms with Crippen molar-refractivity contribution in [1.82, 2.24) is 5.32 Å². The summed E-state index contributed by atoms with van der Waals surface area (Å²) in [7, 11) is 0. The van der Waals surface area contributed by atoms with Crippen LogP contribution in [0.5, 0.6) is 5.75 Å². The average molecular weight is 283 g/mol. The number of hydrogen-bond acceptors (Lipinski definition) is 2. The fraction of sp³-hybridized carbons (Fsp3) is 0.368. The molecule has 0 saturated heterocycles. The second kappa shape index (κ2) is 7.28. The van der Waals surface area contributed by atoms with Gasteiger partial charge in [0.25, 0.3) is 0 Å². The Labute approximate surface area is 128 Å². The van der Waals surface area contributed by atoms with E-state index in [0.717, 1.165) is 12.3 Å². The first-order valence-corrected chi connectivity index (χ1v) is 7.64. The van der Waals surface area contributed by atoms with Gasteiger partial charge in [0.2, 0.25) is 0 Å². The third-order valence-corrected chi connectivity index (χ3v) is 3.20. The third kappa shape index (κ3) is 4.91. The van der Waals surface area contributed by atoms with Crippen LogP contribution in [-0.2, 0) is 6.54 Å².